The molecule has 0 amide bonds. The summed E-state index contributed by atoms with van der Waals surface area (Å²) in [5.41, 5.74) is 6.78. The number of fused-ring (bicyclic) bond motifs is 11. The van der Waals surface area contributed by atoms with Crippen molar-refractivity contribution < 1.29 is 9.47 Å². The predicted octanol–water partition coefficient (Wildman–Crippen LogP) is 9.89. The molecule has 0 aromatic heterocycles. The average Bonchev–Trinajstić information content (AvgIpc) is 3.15. The van der Waals surface area contributed by atoms with Crippen LogP contribution in [0.5, 0.6) is 23.0 Å². The van der Waals surface area contributed by atoms with Crippen molar-refractivity contribution in [2.24, 2.45) is 0 Å². The van der Waals surface area contributed by atoms with Gasteiger partial charge in [-0.3, -0.25) is 0 Å². The van der Waals surface area contributed by atoms with Crippen LogP contribution in [0, 0.1) is 0 Å². The van der Waals surface area contributed by atoms with Gasteiger partial charge in [-0.05, 0) is 68.9 Å². The van der Waals surface area contributed by atoms with Crippen LogP contribution in [-0.4, -0.2) is 14.8 Å². The molecule has 0 saturated carbocycles. The Kier molecular flexibility index (Phi) is 6.34. The third-order valence-corrected chi connectivity index (χ3v) is 12.5. The SMILES string of the molecule is C[Si](C)(C)c1cc2c3c(c1)Oc1c(c4ccccc4c4ccccc14)B3c1c(cc(N(c3ccccc3)c3ccccc3)c3ccccc13)O2. The molecule has 0 spiro atoms. The molecule has 0 atom stereocenters. The van der Waals surface area contributed by atoms with Gasteiger partial charge in [0.2, 0.25) is 0 Å². The van der Waals surface area contributed by atoms with Gasteiger partial charge in [-0.2, -0.15) is 0 Å². The molecule has 238 valence electrons. The van der Waals surface area contributed by atoms with E-state index in [1.54, 1.807) is 0 Å². The van der Waals surface area contributed by atoms with Crippen molar-refractivity contribution in [3.63, 3.8) is 0 Å². The molecule has 8 aromatic carbocycles. The highest BCUT2D eigenvalue weighted by molar-refractivity contribution is 7.01. The van der Waals surface area contributed by atoms with Crippen molar-refractivity contribution in [2.45, 2.75) is 19.6 Å². The monoisotopic (exact) mass is 659 g/mol. The van der Waals surface area contributed by atoms with Crippen LogP contribution in [0.3, 0.4) is 0 Å². The molecule has 2 aliphatic rings. The van der Waals surface area contributed by atoms with Gasteiger partial charge in [0.25, 0.3) is 6.71 Å². The lowest BCUT2D eigenvalue weighted by Gasteiger charge is -2.37. The van der Waals surface area contributed by atoms with Crippen molar-refractivity contribution >= 4 is 85.7 Å². The predicted molar refractivity (Wildman–Crippen MR) is 214 cm³/mol. The highest BCUT2D eigenvalue weighted by Gasteiger charge is 2.44. The smallest absolute Gasteiger partial charge is 0.262 e. The molecule has 10 rings (SSSR count). The highest BCUT2D eigenvalue weighted by atomic mass is 28.3. The molecule has 2 aliphatic heterocycles. The molecule has 0 bridgehead atoms. The Labute approximate surface area is 293 Å². The molecular formula is C45H34BNO2Si. The van der Waals surface area contributed by atoms with Crippen molar-refractivity contribution in [3.8, 4) is 23.0 Å². The molecule has 5 heteroatoms. The van der Waals surface area contributed by atoms with Crippen molar-refractivity contribution in [1.82, 2.24) is 0 Å². The van der Waals surface area contributed by atoms with Gasteiger partial charge >= 0.3 is 0 Å². The number of rotatable bonds is 4. The molecule has 0 N–H and O–H groups in total. The van der Waals surface area contributed by atoms with Gasteiger partial charge in [-0.25, -0.2) is 0 Å². The molecule has 0 fully saturated rings. The number of nitrogens with zero attached hydrogens (tertiary/aromatic N) is 1. The quantitative estimate of drug-likeness (QED) is 0.139. The molecule has 3 nitrogen and oxygen atoms in total. The molecule has 0 saturated heterocycles. The summed E-state index contributed by atoms with van der Waals surface area (Å²) in [6.45, 7) is 7.08. The van der Waals surface area contributed by atoms with E-state index in [2.05, 4.69) is 176 Å². The number of benzene rings is 8. The highest BCUT2D eigenvalue weighted by Crippen LogP contribution is 2.45. The lowest BCUT2D eigenvalue weighted by Crippen LogP contribution is -2.58. The Hall–Kier alpha value is -5.78. The Bertz CT molecular complexity index is 2610. The zero-order valence-electron chi connectivity index (χ0n) is 28.3. The first-order valence-corrected chi connectivity index (χ1v) is 20.9. The first kappa shape index (κ1) is 29.2. The second-order valence-electron chi connectivity index (χ2n) is 14.5. The van der Waals surface area contributed by atoms with E-state index in [-0.39, 0.29) is 6.71 Å². The minimum atomic E-state index is -1.75. The van der Waals surface area contributed by atoms with Crippen LogP contribution < -0.4 is 35.9 Å². The third kappa shape index (κ3) is 4.30. The average molecular weight is 660 g/mol. The van der Waals surface area contributed by atoms with Crippen molar-refractivity contribution in [2.75, 3.05) is 4.90 Å². The third-order valence-electron chi connectivity index (χ3n) is 10.5. The largest absolute Gasteiger partial charge is 0.458 e. The maximum absolute atomic E-state index is 7.16. The standard InChI is InChI=1S/C45H34BNO2Si/c1-50(2,3)31-26-39-44-40(27-31)49-45-37-25-15-11-21-33(37)32-20-10-13-23-35(32)43(45)46(44)42-36-24-14-12-22-34(36)38(28-41(42)48-39)47(29-16-6-4-7-17-29)30-18-8-5-9-19-30/h4-28H,1-3H3. The minimum Gasteiger partial charge on any atom is -0.458 e. The fourth-order valence-electron chi connectivity index (χ4n) is 8.18. The number of hydrogen-bond acceptors (Lipinski definition) is 3. The zero-order valence-corrected chi connectivity index (χ0v) is 29.3. The summed E-state index contributed by atoms with van der Waals surface area (Å²) in [5.74, 6) is 3.64. The fraction of sp³-hybridized carbons (Fsp3) is 0.0667. The van der Waals surface area contributed by atoms with Crippen LogP contribution in [0.1, 0.15) is 0 Å². The summed E-state index contributed by atoms with van der Waals surface area (Å²) in [6, 6.07) is 54.5. The molecule has 0 radical (unpaired) electrons. The van der Waals surface area contributed by atoms with E-state index in [4.69, 9.17) is 9.47 Å². The van der Waals surface area contributed by atoms with E-state index < -0.39 is 8.07 Å². The summed E-state index contributed by atoms with van der Waals surface area (Å²) in [5, 5.41) is 8.47. The van der Waals surface area contributed by atoms with Crippen LogP contribution >= 0.6 is 0 Å². The van der Waals surface area contributed by atoms with E-state index in [9.17, 15) is 0 Å². The first-order chi connectivity index (χ1) is 24.5. The minimum absolute atomic E-state index is 0.0847. The number of anilines is 3. The van der Waals surface area contributed by atoms with Crippen LogP contribution in [0.15, 0.2) is 152 Å². The molecule has 2 heterocycles. The van der Waals surface area contributed by atoms with Gasteiger partial charge in [-0.15, -0.1) is 0 Å². The molecule has 0 aliphatic carbocycles. The van der Waals surface area contributed by atoms with Gasteiger partial charge in [0.15, 0.2) is 0 Å². The van der Waals surface area contributed by atoms with E-state index in [1.807, 2.05) is 0 Å². The van der Waals surface area contributed by atoms with E-state index >= 15 is 0 Å². The lowest BCUT2D eigenvalue weighted by molar-refractivity contribution is 0.468. The van der Waals surface area contributed by atoms with Gasteiger partial charge in [0.1, 0.15) is 23.0 Å². The van der Waals surface area contributed by atoms with Crippen LogP contribution in [0.4, 0.5) is 17.1 Å². The molecule has 0 unspecified atom stereocenters. The Balaban J connectivity index is 1.34. The first-order valence-electron chi connectivity index (χ1n) is 17.4. The Morgan fingerprint density at radius 3 is 1.50 bits per heavy atom. The van der Waals surface area contributed by atoms with Crippen LogP contribution in [-0.2, 0) is 0 Å². The van der Waals surface area contributed by atoms with E-state index in [0.717, 1.165) is 50.9 Å². The normalized spacial score (nSPS) is 13.0. The number of para-hydroxylation sites is 2. The number of ether oxygens (including phenoxy) is 2. The lowest BCUT2D eigenvalue weighted by atomic mass is 9.33. The van der Waals surface area contributed by atoms with Gasteiger partial charge in [-0.1, -0.05) is 134 Å². The van der Waals surface area contributed by atoms with Gasteiger partial charge < -0.3 is 14.4 Å². The molecule has 50 heavy (non-hydrogen) atoms. The Morgan fingerprint density at radius 2 is 0.900 bits per heavy atom. The molecular weight excluding hydrogens is 625 g/mol. The second kappa shape index (κ2) is 10.9. The van der Waals surface area contributed by atoms with Gasteiger partial charge in [0.05, 0.1) is 13.8 Å². The molecule has 8 aromatic rings. The topological polar surface area (TPSA) is 21.7 Å². The second-order valence-corrected chi connectivity index (χ2v) is 19.5. The van der Waals surface area contributed by atoms with E-state index in [0.29, 0.717) is 0 Å². The van der Waals surface area contributed by atoms with Crippen molar-refractivity contribution in [3.05, 3.63) is 152 Å². The van der Waals surface area contributed by atoms with Gasteiger partial charge in [0, 0.05) is 33.7 Å². The summed E-state index contributed by atoms with van der Waals surface area (Å²) in [4.78, 5) is 2.35. The summed E-state index contributed by atoms with van der Waals surface area (Å²) >= 11 is 0. The summed E-state index contributed by atoms with van der Waals surface area (Å²) in [7, 11) is -1.75. The Morgan fingerprint density at radius 1 is 0.440 bits per heavy atom. The summed E-state index contributed by atoms with van der Waals surface area (Å²) in [6.07, 6.45) is 0. The van der Waals surface area contributed by atoms with Crippen LogP contribution in [0.25, 0.3) is 32.3 Å². The zero-order chi connectivity index (χ0) is 33.6. The van der Waals surface area contributed by atoms with Crippen LogP contribution in [0.2, 0.25) is 19.6 Å². The fourth-order valence-corrected chi connectivity index (χ4v) is 9.31. The summed E-state index contributed by atoms with van der Waals surface area (Å²) < 4.78 is 14.3. The maximum Gasteiger partial charge on any atom is 0.262 e. The van der Waals surface area contributed by atoms with E-state index in [1.165, 1.54) is 43.0 Å². The van der Waals surface area contributed by atoms with Crippen molar-refractivity contribution in [1.29, 1.82) is 0 Å². The maximum atomic E-state index is 7.16. The number of hydrogen-bond donors (Lipinski definition) is 0.